The first kappa shape index (κ1) is 12.9. The molecule has 1 aliphatic rings. The van der Waals surface area contributed by atoms with Crippen LogP contribution in [0.25, 0.3) is 0 Å². The smallest absolute Gasteiger partial charge is 0.390 e. The van der Waals surface area contributed by atoms with Crippen LogP contribution in [0.15, 0.2) is 6.20 Å². The van der Waals surface area contributed by atoms with Gasteiger partial charge in [-0.1, -0.05) is 4.80 Å². The van der Waals surface area contributed by atoms with Crippen LogP contribution in [-0.4, -0.2) is 68.9 Å². The number of hydrogen-bond acceptors (Lipinski definition) is 7. The number of nitrogens with zero attached hydrogens (tertiary/aromatic N) is 5. The number of nitro groups is 1. The van der Waals surface area contributed by atoms with Crippen molar-refractivity contribution in [2.24, 2.45) is 0 Å². The molecule has 2 heterocycles. The Morgan fingerprint density at radius 3 is 2.83 bits per heavy atom. The summed E-state index contributed by atoms with van der Waals surface area (Å²) in [6, 6.07) is 0. The van der Waals surface area contributed by atoms with E-state index in [0.29, 0.717) is 19.8 Å². The monoisotopic (exact) mass is 257 g/mol. The van der Waals surface area contributed by atoms with Gasteiger partial charge in [0, 0.05) is 19.6 Å². The maximum Gasteiger partial charge on any atom is 0.410 e. The number of hydrogen-bond donors (Lipinski definition) is 1. The Hall–Kier alpha value is -1.58. The van der Waals surface area contributed by atoms with Gasteiger partial charge in [0.05, 0.1) is 24.4 Å². The number of β-amino-alcohol motifs (C(OH)–C–C–N with tert-alkyl or cyclic N) is 1. The minimum Gasteiger partial charge on any atom is -0.390 e. The molecule has 0 aromatic carbocycles. The number of rotatable bonds is 5. The van der Waals surface area contributed by atoms with Gasteiger partial charge in [-0.15, -0.1) is 5.10 Å². The molecule has 2 rings (SSSR count). The van der Waals surface area contributed by atoms with Crippen molar-refractivity contribution in [3.8, 4) is 0 Å². The maximum absolute atomic E-state index is 10.4. The molecule has 1 aromatic heterocycles. The topological polar surface area (TPSA) is 107 Å². The molecule has 9 nitrogen and oxygen atoms in total. The highest BCUT2D eigenvalue weighted by atomic mass is 16.6. The third-order valence-electron chi connectivity index (χ3n) is 2.66. The van der Waals surface area contributed by atoms with Crippen LogP contribution in [-0.2, 0) is 11.3 Å². The van der Waals surface area contributed by atoms with Gasteiger partial charge in [-0.2, -0.15) is 0 Å². The molecule has 18 heavy (non-hydrogen) atoms. The zero-order valence-corrected chi connectivity index (χ0v) is 9.81. The molecule has 0 saturated carbocycles. The summed E-state index contributed by atoms with van der Waals surface area (Å²) in [6.07, 6.45) is 0.414. The molecule has 0 bridgehead atoms. The second-order valence-electron chi connectivity index (χ2n) is 4.08. The lowest BCUT2D eigenvalue weighted by atomic mass is 10.3. The van der Waals surface area contributed by atoms with Crippen LogP contribution in [0.3, 0.4) is 0 Å². The van der Waals surface area contributed by atoms with E-state index in [2.05, 4.69) is 15.1 Å². The average Bonchev–Trinajstić information content (AvgIpc) is 2.78. The highest BCUT2D eigenvalue weighted by Gasteiger charge is 2.19. The second-order valence-corrected chi connectivity index (χ2v) is 4.08. The molecule has 0 aliphatic carbocycles. The summed E-state index contributed by atoms with van der Waals surface area (Å²) in [4.78, 5) is 13.0. The zero-order chi connectivity index (χ0) is 13.0. The highest BCUT2D eigenvalue weighted by molar-refractivity contribution is 5.07. The van der Waals surface area contributed by atoms with Crippen LogP contribution in [0.4, 0.5) is 5.82 Å². The quantitative estimate of drug-likeness (QED) is 0.526. The molecular weight excluding hydrogens is 242 g/mol. The molecule has 1 aliphatic heterocycles. The van der Waals surface area contributed by atoms with E-state index in [9.17, 15) is 15.2 Å². The van der Waals surface area contributed by atoms with Crippen molar-refractivity contribution in [1.29, 1.82) is 0 Å². The van der Waals surface area contributed by atoms with E-state index < -0.39 is 11.0 Å². The summed E-state index contributed by atoms with van der Waals surface area (Å²) in [6.45, 7) is 3.52. The first-order chi connectivity index (χ1) is 8.65. The summed E-state index contributed by atoms with van der Waals surface area (Å²) in [7, 11) is 0. The number of aromatic nitrogens is 3. The number of aliphatic hydroxyl groups is 1. The first-order valence-electron chi connectivity index (χ1n) is 5.68. The Bertz CT molecular complexity index is 403. The van der Waals surface area contributed by atoms with Crippen LogP contribution in [0.1, 0.15) is 0 Å². The fourth-order valence-corrected chi connectivity index (χ4v) is 1.79. The van der Waals surface area contributed by atoms with Gasteiger partial charge in [0.2, 0.25) is 0 Å². The van der Waals surface area contributed by atoms with Gasteiger partial charge in [0.25, 0.3) is 0 Å². The van der Waals surface area contributed by atoms with Crippen molar-refractivity contribution in [2.75, 3.05) is 32.8 Å². The van der Waals surface area contributed by atoms with Crippen molar-refractivity contribution in [3.05, 3.63) is 16.3 Å². The fourth-order valence-electron chi connectivity index (χ4n) is 1.79. The maximum atomic E-state index is 10.4. The van der Waals surface area contributed by atoms with Gasteiger partial charge in [-0.25, -0.2) is 0 Å². The first-order valence-corrected chi connectivity index (χ1v) is 5.68. The van der Waals surface area contributed by atoms with E-state index in [1.165, 1.54) is 0 Å². The molecular formula is C9H15N5O4. The Morgan fingerprint density at radius 1 is 1.50 bits per heavy atom. The van der Waals surface area contributed by atoms with Gasteiger partial charge in [-0.3, -0.25) is 4.90 Å². The van der Waals surface area contributed by atoms with Crippen molar-refractivity contribution in [2.45, 2.75) is 12.6 Å². The average molecular weight is 257 g/mol. The predicted molar refractivity (Wildman–Crippen MR) is 59.9 cm³/mol. The Labute approximate surface area is 103 Å². The van der Waals surface area contributed by atoms with E-state index in [0.717, 1.165) is 24.1 Å². The lowest BCUT2D eigenvalue weighted by Crippen LogP contribution is -2.42. The molecule has 1 aromatic rings. The summed E-state index contributed by atoms with van der Waals surface area (Å²) in [5.74, 6) is -0.312. The molecule has 0 amide bonds. The van der Waals surface area contributed by atoms with Crippen LogP contribution in [0.2, 0.25) is 0 Å². The van der Waals surface area contributed by atoms with E-state index in [-0.39, 0.29) is 12.4 Å². The van der Waals surface area contributed by atoms with Crippen molar-refractivity contribution in [3.63, 3.8) is 0 Å². The fraction of sp³-hybridized carbons (Fsp3) is 0.778. The van der Waals surface area contributed by atoms with Gasteiger partial charge in [0.1, 0.15) is 6.54 Å². The minimum absolute atomic E-state index is 0.144. The Balaban J connectivity index is 1.82. The highest BCUT2D eigenvalue weighted by Crippen LogP contribution is 2.04. The van der Waals surface area contributed by atoms with E-state index in [4.69, 9.17) is 4.74 Å². The summed E-state index contributed by atoms with van der Waals surface area (Å²) < 4.78 is 5.20. The minimum atomic E-state index is -0.657. The Kier molecular flexibility index (Phi) is 4.18. The molecule has 100 valence electrons. The lowest BCUT2D eigenvalue weighted by Gasteiger charge is -2.28. The van der Waals surface area contributed by atoms with Crippen LogP contribution >= 0.6 is 0 Å². The van der Waals surface area contributed by atoms with E-state index in [1.807, 2.05) is 0 Å². The van der Waals surface area contributed by atoms with Crippen molar-refractivity contribution in [1.82, 2.24) is 19.9 Å². The Morgan fingerprint density at radius 2 is 2.22 bits per heavy atom. The lowest BCUT2D eigenvalue weighted by molar-refractivity contribution is -0.389. The SMILES string of the molecule is O=[N+]([O-])c1cnn(CC(O)CN2CCOCC2)n1. The summed E-state index contributed by atoms with van der Waals surface area (Å²) in [5.41, 5.74) is 0. The second kappa shape index (κ2) is 5.85. The third-order valence-corrected chi connectivity index (χ3v) is 2.66. The molecule has 1 fully saturated rings. The van der Waals surface area contributed by atoms with Crippen LogP contribution < -0.4 is 0 Å². The summed E-state index contributed by atoms with van der Waals surface area (Å²) >= 11 is 0. The summed E-state index contributed by atoms with van der Waals surface area (Å²) in [5, 5.41) is 27.6. The molecule has 0 radical (unpaired) electrons. The van der Waals surface area contributed by atoms with Crippen LogP contribution in [0, 0.1) is 10.1 Å². The number of morpholine rings is 1. The van der Waals surface area contributed by atoms with Gasteiger partial charge >= 0.3 is 5.82 Å². The predicted octanol–water partition coefficient (Wildman–Crippen LogP) is -1.12. The molecule has 1 saturated heterocycles. The molecule has 1 unspecified atom stereocenters. The van der Waals surface area contributed by atoms with Gasteiger partial charge in [-0.05, 0) is 4.92 Å². The molecule has 0 spiro atoms. The van der Waals surface area contributed by atoms with Crippen molar-refractivity contribution < 1.29 is 14.8 Å². The van der Waals surface area contributed by atoms with E-state index in [1.54, 1.807) is 0 Å². The largest absolute Gasteiger partial charge is 0.410 e. The third kappa shape index (κ3) is 3.45. The molecule has 9 heteroatoms. The normalized spacial score (nSPS) is 18.7. The zero-order valence-electron chi connectivity index (χ0n) is 9.81. The molecule has 1 N–H and O–H groups in total. The van der Waals surface area contributed by atoms with Gasteiger partial charge < -0.3 is 20.0 Å². The van der Waals surface area contributed by atoms with Gasteiger partial charge in [0.15, 0.2) is 6.20 Å². The molecule has 1 atom stereocenters. The van der Waals surface area contributed by atoms with Crippen LogP contribution in [0.5, 0.6) is 0 Å². The standard InChI is InChI=1S/C9H15N5O4/c15-8(6-12-1-3-18-4-2-12)7-13-10-5-9(11-13)14(16)17/h5,8,15H,1-4,6-7H2. The van der Waals surface area contributed by atoms with Crippen molar-refractivity contribution >= 4 is 5.82 Å². The number of ether oxygens (including phenoxy) is 1. The van der Waals surface area contributed by atoms with E-state index >= 15 is 0 Å². The number of aliphatic hydroxyl groups excluding tert-OH is 1.